The standard InChI is InChI=1S/C21H34N4O2/c1-16(2)24(21(27)22-17-8-5-4-6-9-17)15-20(26)25(18-11-12-18)14-19-10-7-13-23(19)3/h7,10,13,16-18H,4-6,8-9,11-12,14-15H2,1-3H3,(H,22,27). The first-order chi connectivity index (χ1) is 13.0. The lowest BCUT2D eigenvalue weighted by molar-refractivity contribution is -0.133. The summed E-state index contributed by atoms with van der Waals surface area (Å²) in [6.07, 6.45) is 9.84. The highest BCUT2D eigenvalue weighted by atomic mass is 16.2. The van der Waals surface area contributed by atoms with Crippen LogP contribution in [0, 0.1) is 0 Å². The fourth-order valence-electron chi connectivity index (χ4n) is 3.87. The van der Waals surface area contributed by atoms with Crippen molar-refractivity contribution in [2.45, 2.75) is 83.5 Å². The molecule has 0 radical (unpaired) electrons. The van der Waals surface area contributed by atoms with Crippen LogP contribution in [0.1, 0.15) is 64.5 Å². The smallest absolute Gasteiger partial charge is 0.318 e. The number of urea groups is 1. The van der Waals surface area contributed by atoms with E-state index in [2.05, 4.69) is 16.0 Å². The van der Waals surface area contributed by atoms with Gasteiger partial charge in [-0.15, -0.1) is 0 Å². The molecule has 0 bridgehead atoms. The average Bonchev–Trinajstić information content (AvgIpc) is 3.40. The summed E-state index contributed by atoms with van der Waals surface area (Å²) in [5, 5.41) is 3.16. The minimum absolute atomic E-state index is 0.00590. The fraction of sp³-hybridized carbons (Fsp3) is 0.714. The van der Waals surface area contributed by atoms with Gasteiger partial charge in [-0.2, -0.15) is 0 Å². The first kappa shape index (κ1) is 19.8. The zero-order chi connectivity index (χ0) is 19.4. The maximum absolute atomic E-state index is 13.1. The number of amides is 3. The van der Waals surface area contributed by atoms with Crippen LogP contribution in [0.2, 0.25) is 0 Å². The summed E-state index contributed by atoms with van der Waals surface area (Å²) in [4.78, 5) is 29.5. The summed E-state index contributed by atoms with van der Waals surface area (Å²) in [6.45, 7) is 4.72. The second-order valence-corrected chi connectivity index (χ2v) is 8.37. The van der Waals surface area contributed by atoms with E-state index in [1.807, 2.05) is 38.1 Å². The van der Waals surface area contributed by atoms with Gasteiger partial charge in [-0.25, -0.2) is 4.79 Å². The molecule has 2 fully saturated rings. The summed E-state index contributed by atoms with van der Waals surface area (Å²) >= 11 is 0. The van der Waals surface area contributed by atoms with Crippen LogP contribution in [-0.4, -0.2) is 51.0 Å². The van der Waals surface area contributed by atoms with Crippen LogP contribution in [0.25, 0.3) is 0 Å². The Bertz CT molecular complexity index is 644. The van der Waals surface area contributed by atoms with Crippen LogP contribution in [0.5, 0.6) is 0 Å². The predicted molar refractivity (Wildman–Crippen MR) is 106 cm³/mol. The van der Waals surface area contributed by atoms with Gasteiger partial charge in [-0.3, -0.25) is 4.79 Å². The van der Waals surface area contributed by atoms with Crippen molar-refractivity contribution in [1.29, 1.82) is 0 Å². The number of hydrogen-bond donors (Lipinski definition) is 1. The minimum atomic E-state index is -0.0973. The Kier molecular flexibility index (Phi) is 6.45. The molecular formula is C21H34N4O2. The van der Waals surface area contributed by atoms with E-state index in [1.165, 1.54) is 19.3 Å². The van der Waals surface area contributed by atoms with E-state index in [1.54, 1.807) is 4.90 Å². The third-order valence-electron chi connectivity index (χ3n) is 5.81. The normalized spacial score (nSPS) is 17.8. The molecule has 0 aliphatic heterocycles. The molecule has 2 aliphatic carbocycles. The molecule has 2 saturated carbocycles. The molecule has 1 N–H and O–H groups in total. The van der Waals surface area contributed by atoms with Gasteiger partial charge in [0, 0.05) is 37.1 Å². The Hall–Kier alpha value is -1.98. The summed E-state index contributed by atoms with van der Waals surface area (Å²) < 4.78 is 2.05. The number of nitrogens with one attached hydrogen (secondary N) is 1. The molecule has 27 heavy (non-hydrogen) atoms. The minimum Gasteiger partial charge on any atom is -0.353 e. The highest BCUT2D eigenvalue weighted by molar-refractivity contribution is 5.84. The second kappa shape index (κ2) is 8.81. The lowest BCUT2D eigenvalue weighted by Gasteiger charge is -2.32. The van der Waals surface area contributed by atoms with Gasteiger partial charge < -0.3 is 19.7 Å². The number of nitrogens with zero attached hydrogens (tertiary/aromatic N) is 3. The van der Waals surface area contributed by atoms with Gasteiger partial charge in [0.15, 0.2) is 0 Å². The van der Waals surface area contributed by atoms with Gasteiger partial charge in [0.05, 0.1) is 6.54 Å². The average molecular weight is 375 g/mol. The topological polar surface area (TPSA) is 57.6 Å². The van der Waals surface area contributed by atoms with E-state index in [0.29, 0.717) is 12.6 Å². The highest BCUT2D eigenvalue weighted by Crippen LogP contribution is 2.29. The Balaban J connectivity index is 1.62. The van der Waals surface area contributed by atoms with E-state index in [0.717, 1.165) is 31.4 Å². The van der Waals surface area contributed by atoms with Crippen LogP contribution >= 0.6 is 0 Å². The monoisotopic (exact) mass is 374 g/mol. The lowest BCUT2D eigenvalue weighted by atomic mass is 9.96. The molecule has 3 rings (SSSR count). The molecule has 0 aromatic carbocycles. The zero-order valence-corrected chi connectivity index (χ0v) is 17.0. The molecule has 0 saturated heterocycles. The van der Waals surface area contributed by atoms with E-state index < -0.39 is 0 Å². The van der Waals surface area contributed by atoms with E-state index in [4.69, 9.17) is 0 Å². The van der Waals surface area contributed by atoms with E-state index in [-0.39, 0.29) is 30.6 Å². The van der Waals surface area contributed by atoms with Crippen LogP contribution in [0.4, 0.5) is 4.79 Å². The molecule has 3 amide bonds. The third-order valence-corrected chi connectivity index (χ3v) is 5.81. The molecule has 0 atom stereocenters. The van der Waals surface area contributed by atoms with Gasteiger partial charge in [-0.1, -0.05) is 19.3 Å². The molecule has 6 heteroatoms. The van der Waals surface area contributed by atoms with Crippen molar-refractivity contribution < 1.29 is 9.59 Å². The molecule has 2 aliphatic rings. The second-order valence-electron chi connectivity index (χ2n) is 8.37. The molecular weight excluding hydrogens is 340 g/mol. The van der Waals surface area contributed by atoms with Crippen molar-refractivity contribution in [1.82, 2.24) is 19.7 Å². The number of rotatable bonds is 7. The van der Waals surface area contributed by atoms with Crippen LogP contribution in [0.15, 0.2) is 18.3 Å². The van der Waals surface area contributed by atoms with Gasteiger partial charge in [-0.05, 0) is 51.7 Å². The Morgan fingerprint density at radius 3 is 2.44 bits per heavy atom. The maximum atomic E-state index is 13.1. The van der Waals surface area contributed by atoms with Gasteiger partial charge in [0.2, 0.25) is 5.91 Å². The zero-order valence-electron chi connectivity index (χ0n) is 17.0. The molecule has 0 unspecified atom stereocenters. The maximum Gasteiger partial charge on any atom is 0.318 e. The van der Waals surface area contributed by atoms with E-state index in [9.17, 15) is 9.59 Å². The van der Waals surface area contributed by atoms with Crippen molar-refractivity contribution in [2.75, 3.05) is 6.54 Å². The van der Waals surface area contributed by atoms with Crippen LogP contribution in [0.3, 0.4) is 0 Å². The van der Waals surface area contributed by atoms with Gasteiger partial charge >= 0.3 is 6.03 Å². The number of carbonyl (C=O) groups excluding carboxylic acids is 2. The van der Waals surface area contributed by atoms with Gasteiger partial charge in [0.1, 0.15) is 6.54 Å². The van der Waals surface area contributed by atoms with Crippen molar-refractivity contribution in [3.63, 3.8) is 0 Å². The molecule has 6 nitrogen and oxygen atoms in total. The lowest BCUT2D eigenvalue weighted by Crippen LogP contribution is -2.52. The molecule has 1 aromatic rings. The molecule has 1 aromatic heterocycles. The van der Waals surface area contributed by atoms with Crippen molar-refractivity contribution in [3.05, 3.63) is 24.0 Å². The predicted octanol–water partition coefficient (Wildman–Crippen LogP) is 3.27. The highest BCUT2D eigenvalue weighted by Gasteiger charge is 2.34. The summed E-state index contributed by atoms with van der Waals surface area (Å²) in [5.74, 6) is 0.0474. The number of aromatic nitrogens is 1. The van der Waals surface area contributed by atoms with Crippen molar-refractivity contribution >= 4 is 11.9 Å². The van der Waals surface area contributed by atoms with E-state index >= 15 is 0 Å². The van der Waals surface area contributed by atoms with Crippen LogP contribution < -0.4 is 5.32 Å². The molecule has 150 valence electrons. The first-order valence-corrected chi connectivity index (χ1v) is 10.4. The molecule has 1 heterocycles. The summed E-state index contributed by atoms with van der Waals surface area (Å²) in [5.41, 5.74) is 1.12. The number of hydrogen-bond acceptors (Lipinski definition) is 2. The summed E-state index contributed by atoms with van der Waals surface area (Å²) in [6, 6.07) is 4.53. The Labute approximate surface area is 162 Å². The third kappa shape index (κ3) is 5.27. The number of aryl methyl sites for hydroxylation is 1. The first-order valence-electron chi connectivity index (χ1n) is 10.4. The van der Waals surface area contributed by atoms with Crippen molar-refractivity contribution in [2.24, 2.45) is 7.05 Å². The van der Waals surface area contributed by atoms with Crippen LogP contribution in [-0.2, 0) is 18.4 Å². The SMILES string of the molecule is CC(C)N(CC(=O)N(Cc1cccn1C)C1CC1)C(=O)NC1CCCCC1. The fourth-order valence-corrected chi connectivity index (χ4v) is 3.87. The van der Waals surface area contributed by atoms with Crippen molar-refractivity contribution in [3.8, 4) is 0 Å². The number of carbonyl (C=O) groups is 2. The quantitative estimate of drug-likeness (QED) is 0.796. The molecule has 0 spiro atoms. The Morgan fingerprint density at radius 1 is 1.19 bits per heavy atom. The largest absolute Gasteiger partial charge is 0.353 e. The summed E-state index contributed by atoms with van der Waals surface area (Å²) in [7, 11) is 2.00. The van der Waals surface area contributed by atoms with Gasteiger partial charge in [0.25, 0.3) is 0 Å². The Morgan fingerprint density at radius 2 is 1.89 bits per heavy atom.